The van der Waals surface area contributed by atoms with Crippen molar-refractivity contribution in [3.8, 4) is 0 Å². The highest BCUT2D eigenvalue weighted by molar-refractivity contribution is 14.1. The van der Waals surface area contributed by atoms with Crippen LogP contribution in [0.2, 0.25) is 0 Å². The number of hydrogen-bond donors (Lipinski definition) is 2. The van der Waals surface area contributed by atoms with Crippen molar-refractivity contribution in [1.82, 2.24) is 0 Å². The molecule has 0 saturated carbocycles. The van der Waals surface area contributed by atoms with E-state index in [1.54, 1.807) is 22.6 Å². The maximum atomic E-state index is 8.36. The van der Waals surface area contributed by atoms with Crippen LogP contribution in [0.15, 0.2) is 0 Å². The van der Waals surface area contributed by atoms with Gasteiger partial charge in [-0.05, 0) is 22.6 Å². The molecule has 0 saturated heterocycles. The van der Waals surface area contributed by atoms with E-state index >= 15 is 0 Å². The Labute approximate surface area is 63.2 Å². The van der Waals surface area contributed by atoms with Gasteiger partial charge in [-0.25, -0.2) is 0 Å². The molecule has 2 nitrogen and oxygen atoms in total. The van der Waals surface area contributed by atoms with Crippen molar-refractivity contribution in [1.29, 1.82) is 0 Å². The molecule has 6 heavy (non-hydrogen) atoms. The van der Waals surface area contributed by atoms with Crippen LogP contribution in [-0.4, -0.2) is 18.4 Å². The first-order valence-electron chi connectivity index (χ1n) is 1.26. The molecule has 0 amide bonds. The topological polar surface area (TPSA) is 40.5 Å². The summed E-state index contributed by atoms with van der Waals surface area (Å²) in [5.41, 5.74) is 0. The summed E-state index contributed by atoms with van der Waals surface area (Å²) < 4.78 is -1.16. The Morgan fingerprint density at radius 2 is 1.67 bits per heavy atom. The molecule has 4 heteroatoms. The zero-order valence-corrected chi connectivity index (χ0v) is 7.17. The normalized spacial score (nSPS) is 12.0. The molecule has 0 aliphatic rings. The van der Waals surface area contributed by atoms with E-state index in [-0.39, 0.29) is 0 Å². The highest BCUT2D eigenvalue weighted by Crippen LogP contribution is 2.11. The number of aliphatic hydroxyl groups is 2. The first-order valence-corrected chi connectivity index (χ1v) is 3.86. The van der Waals surface area contributed by atoms with E-state index in [1.165, 1.54) is 0 Å². The molecule has 0 spiro atoms. The van der Waals surface area contributed by atoms with Crippen LogP contribution >= 0.6 is 45.2 Å². The van der Waals surface area contributed by atoms with E-state index in [4.69, 9.17) is 10.2 Å². The molecule has 0 rings (SSSR count). The SMILES string of the molecule is OC(O)(I)CI. The van der Waals surface area contributed by atoms with Crippen LogP contribution in [0.4, 0.5) is 0 Å². The summed E-state index contributed by atoms with van der Waals surface area (Å²) in [4.78, 5) is 0. The molecule has 0 unspecified atom stereocenters. The second kappa shape index (κ2) is 2.63. The number of hydrogen-bond acceptors (Lipinski definition) is 2. The van der Waals surface area contributed by atoms with E-state index < -0.39 is 3.79 Å². The van der Waals surface area contributed by atoms with E-state index in [2.05, 4.69) is 0 Å². The molecular formula is C2H4I2O2. The fourth-order valence-electron chi connectivity index (χ4n) is 0. The van der Waals surface area contributed by atoms with Crippen LogP contribution in [0, 0.1) is 0 Å². The quantitative estimate of drug-likeness (QED) is 0.420. The lowest BCUT2D eigenvalue weighted by Gasteiger charge is -2.06. The monoisotopic (exact) mass is 314 g/mol. The third-order valence-corrected chi connectivity index (χ3v) is 3.07. The van der Waals surface area contributed by atoms with Crippen molar-refractivity contribution in [2.24, 2.45) is 0 Å². The number of rotatable bonds is 1. The second-order valence-corrected chi connectivity index (χ2v) is 3.34. The van der Waals surface area contributed by atoms with E-state index in [0.29, 0.717) is 4.43 Å². The van der Waals surface area contributed by atoms with Gasteiger partial charge in [-0.3, -0.25) is 0 Å². The zero-order chi connectivity index (χ0) is 5.21. The molecule has 0 heterocycles. The summed E-state index contributed by atoms with van der Waals surface area (Å²) in [6.07, 6.45) is 0. The smallest absolute Gasteiger partial charge is 0.225 e. The van der Waals surface area contributed by atoms with Crippen LogP contribution in [0.25, 0.3) is 0 Å². The molecule has 0 aliphatic heterocycles. The van der Waals surface area contributed by atoms with Gasteiger partial charge in [0, 0.05) is 0 Å². The first kappa shape index (κ1) is 7.38. The molecule has 0 fully saturated rings. The summed E-state index contributed by atoms with van der Waals surface area (Å²) in [5.74, 6) is 0. The molecule has 2 N–H and O–H groups in total. The lowest BCUT2D eigenvalue weighted by atomic mass is 10.8. The largest absolute Gasteiger partial charge is 0.357 e. The summed E-state index contributed by atoms with van der Waals surface area (Å²) >= 11 is 3.43. The second-order valence-electron chi connectivity index (χ2n) is 0.853. The average Bonchev–Trinajstić information content (AvgIpc) is 1.35. The average molecular weight is 314 g/mol. The Bertz CT molecular complexity index is 39.3. The van der Waals surface area contributed by atoms with Gasteiger partial charge in [0.1, 0.15) is 0 Å². The van der Waals surface area contributed by atoms with Gasteiger partial charge < -0.3 is 10.2 Å². The first-order chi connectivity index (χ1) is 2.56. The van der Waals surface area contributed by atoms with E-state index in [0.717, 1.165) is 0 Å². The van der Waals surface area contributed by atoms with Crippen molar-refractivity contribution in [2.75, 3.05) is 4.43 Å². The summed E-state index contributed by atoms with van der Waals surface area (Å²) in [7, 11) is 0. The summed E-state index contributed by atoms with van der Waals surface area (Å²) in [5, 5.41) is 16.7. The molecule has 38 valence electrons. The van der Waals surface area contributed by atoms with Gasteiger partial charge in [0.25, 0.3) is 0 Å². The summed E-state index contributed by atoms with van der Waals surface area (Å²) in [6, 6.07) is 0. The van der Waals surface area contributed by atoms with Crippen LogP contribution in [0.1, 0.15) is 0 Å². The van der Waals surface area contributed by atoms with Crippen LogP contribution < -0.4 is 0 Å². The molecule has 0 radical (unpaired) electrons. The molecule has 0 aromatic rings. The van der Waals surface area contributed by atoms with Crippen molar-refractivity contribution in [3.63, 3.8) is 0 Å². The Hall–Kier alpha value is 1.38. The zero-order valence-electron chi connectivity index (χ0n) is 2.86. The maximum absolute atomic E-state index is 8.36. The molecule has 0 aromatic heterocycles. The third-order valence-electron chi connectivity index (χ3n) is 0.170. The van der Waals surface area contributed by atoms with Crippen molar-refractivity contribution in [2.45, 2.75) is 3.79 Å². The highest BCUT2D eigenvalue weighted by Gasteiger charge is 2.12. The van der Waals surface area contributed by atoms with Gasteiger partial charge in [0.2, 0.25) is 3.79 Å². The minimum Gasteiger partial charge on any atom is -0.357 e. The number of alkyl halides is 2. The minimum absolute atomic E-state index is 0.339. The fourth-order valence-corrected chi connectivity index (χ4v) is 0. The highest BCUT2D eigenvalue weighted by atomic mass is 127. The van der Waals surface area contributed by atoms with E-state index in [1.807, 2.05) is 22.6 Å². The maximum Gasteiger partial charge on any atom is 0.225 e. The van der Waals surface area contributed by atoms with Crippen molar-refractivity contribution in [3.05, 3.63) is 0 Å². The fraction of sp³-hybridized carbons (Fsp3) is 1.00. The van der Waals surface area contributed by atoms with Crippen molar-refractivity contribution >= 4 is 45.2 Å². The van der Waals surface area contributed by atoms with Crippen LogP contribution in [0.5, 0.6) is 0 Å². The summed E-state index contributed by atoms with van der Waals surface area (Å²) in [6.45, 7) is 0. The number of halogens is 2. The van der Waals surface area contributed by atoms with E-state index in [9.17, 15) is 0 Å². The predicted octanol–water partition coefficient (Wildman–Crippen LogP) is 0.495. The van der Waals surface area contributed by atoms with Gasteiger partial charge >= 0.3 is 0 Å². The van der Waals surface area contributed by atoms with Gasteiger partial charge in [-0.1, -0.05) is 22.6 Å². The predicted molar refractivity (Wildman–Crippen MR) is 40.1 cm³/mol. The molecule has 0 atom stereocenters. The Balaban J connectivity index is 3.17. The molecule has 0 aliphatic carbocycles. The lowest BCUT2D eigenvalue weighted by molar-refractivity contribution is -0.0343. The third kappa shape index (κ3) is 5.38. The standard InChI is InChI=1S/C2H4I2O2/c3-1-2(4,5)6/h5-6H,1H2. The van der Waals surface area contributed by atoms with Gasteiger partial charge in [0.15, 0.2) is 0 Å². The molecule has 0 bridgehead atoms. The Morgan fingerprint density at radius 3 is 1.67 bits per heavy atom. The van der Waals surface area contributed by atoms with Gasteiger partial charge in [-0.15, -0.1) is 0 Å². The van der Waals surface area contributed by atoms with Gasteiger partial charge in [0.05, 0.1) is 4.43 Å². The minimum atomic E-state index is -1.50. The Kier molecular flexibility index (Phi) is 3.23. The molecular weight excluding hydrogens is 310 g/mol. The lowest BCUT2D eigenvalue weighted by Crippen LogP contribution is -2.19. The van der Waals surface area contributed by atoms with Gasteiger partial charge in [-0.2, -0.15) is 0 Å². The van der Waals surface area contributed by atoms with Crippen molar-refractivity contribution < 1.29 is 10.2 Å². The Morgan fingerprint density at radius 1 is 1.50 bits per heavy atom. The van der Waals surface area contributed by atoms with Crippen LogP contribution in [0.3, 0.4) is 0 Å². The van der Waals surface area contributed by atoms with Crippen LogP contribution in [-0.2, 0) is 0 Å². The molecule has 0 aromatic carbocycles.